The molecule has 0 atom stereocenters. The molecule has 0 unspecified atom stereocenters. The van der Waals surface area contributed by atoms with Crippen molar-refractivity contribution in [2.24, 2.45) is 0 Å². The van der Waals surface area contributed by atoms with Gasteiger partial charge >= 0.3 is 6.09 Å². The Bertz CT molecular complexity index is 574. The van der Waals surface area contributed by atoms with E-state index in [0.29, 0.717) is 0 Å². The van der Waals surface area contributed by atoms with E-state index in [4.69, 9.17) is 4.74 Å². The monoisotopic (exact) mass is 298 g/mol. The molecule has 1 rings (SSSR count). The van der Waals surface area contributed by atoms with Gasteiger partial charge in [-0.15, -0.1) is 4.83 Å². The number of nitrogens with one attached hydrogen (secondary N) is 2. The van der Waals surface area contributed by atoms with Crippen LogP contribution in [-0.4, -0.2) is 20.1 Å². The zero-order valence-corrected chi connectivity index (χ0v) is 12.4. The Morgan fingerprint density at radius 1 is 1.20 bits per heavy atom. The molecule has 110 valence electrons. The lowest BCUT2D eigenvalue weighted by molar-refractivity contribution is 0.0515. The van der Waals surface area contributed by atoms with Gasteiger partial charge in [0.05, 0.1) is 0 Å². The molecule has 1 aromatic carbocycles. The number of sulfonamides is 1. The predicted octanol–water partition coefficient (Wildman–Crippen LogP) is 2.02. The second-order valence-electron chi connectivity index (χ2n) is 4.99. The number of hydrazine groups is 1. The van der Waals surface area contributed by atoms with Gasteiger partial charge in [0, 0.05) is 5.41 Å². The van der Waals surface area contributed by atoms with Crippen LogP contribution < -0.4 is 10.3 Å². The molecule has 0 aromatic heterocycles. The third kappa shape index (κ3) is 6.91. The highest BCUT2D eigenvalue weighted by atomic mass is 32.2. The summed E-state index contributed by atoms with van der Waals surface area (Å²) < 4.78 is 28.1. The maximum atomic E-state index is 11.6. The smallest absolute Gasteiger partial charge is 0.423 e. The van der Waals surface area contributed by atoms with Crippen molar-refractivity contribution in [2.45, 2.75) is 26.4 Å². The van der Waals surface area contributed by atoms with Gasteiger partial charge in [-0.25, -0.2) is 18.6 Å². The quantitative estimate of drug-likeness (QED) is 0.833. The molecule has 7 heteroatoms. The third-order valence-corrected chi connectivity index (χ3v) is 2.81. The van der Waals surface area contributed by atoms with Gasteiger partial charge in [-0.05, 0) is 32.4 Å². The van der Waals surface area contributed by atoms with Gasteiger partial charge in [-0.1, -0.05) is 30.3 Å². The van der Waals surface area contributed by atoms with Crippen molar-refractivity contribution in [1.82, 2.24) is 10.3 Å². The third-order valence-electron chi connectivity index (χ3n) is 1.93. The van der Waals surface area contributed by atoms with Gasteiger partial charge in [0.15, 0.2) is 0 Å². The number of rotatable bonds is 4. The van der Waals surface area contributed by atoms with Crippen LogP contribution in [0.25, 0.3) is 6.08 Å². The summed E-state index contributed by atoms with van der Waals surface area (Å²) in [5.74, 6) is 0. The molecule has 0 aliphatic carbocycles. The van der Waals surface area contributed by atoms with E-state index in [2.05, 4.69) is 0 Å². The fourth-order valence-corrected chi connectivity index (χ4v) is 1.81. The number of carbonyl (C=O) groups excluding carboxylic acids is 1. The van der Waals surface area contributed by atoms with E-state index in [9.17, 15) is 13.2 Å². The molecule has 2 N–H and O–H groups in total. The lowest BCUT2D eigenvalue weighted by atomic mass is 10.2. The summed E-state index contributed by atoms with van der Waals surface area (Å²) in [5, 5.41) is 0.958. The zero-order valence-electron chi connectivity index (χ0n) is 11.6. The molecule has 0 radical (unpaired) electrons. The number of benzene rings is 1. The van der Waals surface area contributed by atoms with Crippen LogP contribution in [-0.2, 0) is 14.8 Å². The van der Waals surface area contributed by atoms with Gasteiger partial charge in [0.1, 0.15) is 5.60 Å². The van der Waals surface area contributed by atoms with E-state index in [1.54, 1.807) is 45.0 Å². The first-order chi connectivity index (χ1) is 9.18. The van der Waals surface area contributed by atoms with Crippen molar-refractivity contribution in [3.8, 4) is 0 Å². The summed E-state index contributed by atoms with van der Waals surface area (Å²) in [6.45, 7) is 5.03. The van der Waals surface area contributed by atoms with Crippen molar-refractivity contribution in [3.63, 3.8) is 0 Å². The first kappa shape index (κ1) is 16.2. The lowest BCUT2D eigenvalue weighted by Gasteiger charge is -2.19. The van der Waals surface area contributed by atoms with Crippen LogP contribution in [0.1, 0.15) is 26.3 Å². The molecular formula is C13H18N2O4S. The van der Waals surface area contributed by atoms with E-state index in [-0.39, 0.29) is 0 Å². The van der Waals surface area contributed by atoms with E-state index < -0.39 is 21.7 Å². The van der Waals surface area contributed by atoms with Crippen LogP contribution in [0.2, 0.25) is 0 Å². The Morgan fingerprint density at radius 2 is 1.80 bits per heavy atom. The molecule has 0 bridgehead atoms. The van der Waals surface area contributed by atoms with Crippen molar-refractivity contribution in [2.75, 3.05) is 0 Å². The summed E-state index contributed by atoms with van der Waals surface area (Å²) in [4.78, 5) is 13.2. The Balaban J connectivity index is 2.54. The summed E-state index contributed by atoms with van der Waals surface area (Å²) in [7, 11) is -3.77. The molecule has 0 aliphatic heterocycles. The second-order valence-corrected chi connectivity index (χ2v) is 6.55. The molecule has 0 saturated heterocycles. The molecule has 1 amide bonds. The van der Waals surface area contributed by atoms with Gasteiger partial charge in [0.25, 0.3) is 10.0 Å². The molecule has 0 heterocycles. The van der Waals surface area contributed by atoms with Gasteiger partial charge < -0.3 is 4.74 Å². The predicted molar refractivity (Wildman–Crippen MR) is 76.9 cm³/mol. The van der Waals surface area contributed by atoms with E-state index >= 15 is 0 Å². The molecular weight excluding hydrogens is 280 g/mol. The molecule has 0 saturated carbocycles. The number of carbonyl (C=O) groups is 1. The maximum Gasteiger partial charge on any atom is 0.423 e. The topological polar surface area (TPSA) is 84.5 Å². The molecule has 0 spiro atoms. The summed E-state index contributed by atoms with van der Waals surface area (Å²) in [6, 6.07) is 8.92. The molecule has 20 heavy (non-hydrogen) atoms. The Labute approximate surface area is 118 Å². The van der Waals surface area contributed by atoms with Crippen LogP contribution in [0, 0.1) is 0 Å². The Kier molecular flexibility index (Phi) is 5.29. The SMILES string of the molecule is CC(C)(C)OC(=O)NNS(=O)(=O)/C=C/c1ccccc1. The van der Waals surface area contributed by atoms with Crippen LogP contribution in [0.3, 0.4) is 0 Å². The number of ether oxygens (including phenoxy) is 1. The van der Waals surface area contributed by atoms with E-state index in [0.717, 1.165) is 11.0 Å². The average molecular weight is 298 g/mol. The molecule has 6 nitrogen and oxygen atoms in total. The number of hydrogen-bond acceptors (Lipinski definition) is 4. The van der Waals surface area contributed by atoms with Gasteiger partial charge in [-0.2, -0.15) is 0 Å². The van der Waals surface area contributed by atoms with Crippen LogP contribution in [0.4, 0.5) is 4.79 Å². The van der Waals surface area contributed by atoms with E-state index in [1.807, 2.05) is 16.3 Å². The lowest BCUT2D eigenvalue weighted by Crippen LogP contribution is -2.43. The van der Waals surface area contributed by atoms with Crippen molar-refractivity contribution in [3.05, 3.63) is 41.3 Å². The minimum atomic E-state index is -3.77. The van der Waals surface area contributed by atoms with Gasteiger partial charge in [0.2, 0.25) is 0 Å². The van der Waals surface area contributed by atoms with Crippen LogP contribution in [0.15, 0.2) is 35.7 Å². The Hall–Kier alpha value is -1.86. The molecule has 0 fully saturated rings. The largest absolute Gasteiger partial charge is 0.443 e. The first-order valence-electron chi connectivity index (χ1n) is 5.92. The first-order valence-corrected chi connectivity index (χ1v) is 7.46. The van der Waals surface area contributed by atoms with Crippen molar-refractivity contribution in [1.29, 1.82) is 0 Å². The highest BCUT2D eigenvalue weighted by molar-refractivity contribution is 7.92. The number of amides is 1. The zero-order chi connectivity index (χ0) is 15.2. The summed E-state index contributed by atoms with van der Waals surface area (Å²) in [6.07, 6.45) is 0.549. The van der Waals surface area contributed by atoms with E-state index in [1.165, 1.54) is 6.08 Å². The normalized spacial score (nSPS) is 12.3. The molecule has 1 aromatic rings. The summed E-state index contributed by atoms with van der Waals surface area (Å²) >= 11 is 0. The van der Waals surface area contributed by atoms with Crippen LogP contribution >= 0.6 is 0 Å². The second kappa shape index (κ2) is 6.53. The minimum Gasteiger partial charge on any atom is -0.443 e. The standard InChI is InChI=1S/C13H18N2O4S/c1-13(2,3)19-12(16)14-15-20(17,18)10-9-11-7-5-4-6-8-11/h4-10,15H,1-3H3,(H,14,16)/b10-9+. The average Bonchev–Trinajstić information content (AvgIpc) is 2.34. The summed E-state index contributed by atoms with van der Waals surface area (Å²) in [5.41, 5.74) is 2.00. The maximum absolute atomic E-state index is 11.6. The molecule has 0 aliphatic rings. The fourth-order valence-electron chi connectivity index (χ4n) is 1.18. The van der Waals surface area contributed by atoms with Crippen molar-refractivity contribution >= 4 is 22.2 Å². The van der Waals surface area contributed by atoms with Gasteiger partial charge in [-0.3, -0.25) is 0 Å². The fraction of sp³-hybridized carbons (Fsp3) is 0.308. The minimum absolute atomic E-state index is 0.699. The highest BCUT2D eigenvalue weighted by Crippen LogP contribution is 2.06. The van der Waals surface area contributed by atoms with Crippen molar-refractivity contribution < 1.29 is 17.9 Å². The number of hydrogen-bond donors (Lipinski definition) is 2. The van der Waals surface area contributed by atoms with Crippen LogP contribution in [0.5, 0.6) is 0 Å². The highest BCUT2D eigenvalue weighted by Gasteiger charge is 2.17. The Morgan fingerprint density at radius 3 is 2.35 bits per heavy atom.